The molecule has 1 N–H and O–H groups in total. The summed E-state index contributed by atoms with van der Waals surface area (Å²) in [7, 11) is 0. The van der Waals surface area contributed by atoms with Crippen molar-refractivity contribution in [1.29, 1.82) is 0 Å². The van der Waals surface area contributed by atoms with Crippen molar-refractivity contribution in [2.45, 2.75) is 18.2 Å². The van der Waals surface area contributed by atoms with Gasteiger partial charge in [0.2, 0.25) is 0 Å². The molecule has 0 saturated carbocycles. The molecule has 0 spiro atoms. The van der Waals surface area contributed by atoms with E-state index in [4.69, 9.17) is 23.2 Å². The van der Waals surface area contributed by atoms with Crippen molar-refractivity contribution in [1.82, 2.24) is 5.32 Å². The summed E-state index contributed by atoms with van der Waals surface area (Å²) >= 11 is 12.8. The fourth-order valence-electron chi connectivity index (χ4n) is 2.62. The van der Waals surface area contributed by atoms with Crippen LogP contribution in [-0.4, -0.2) is 12.5 Å². The minimum atomic E-state index is -0.361. The molecule has 1 aliphatic heterocycles. The number of nitrogens with one attached hydrogen (secondary N) is 1. The van der Waals surface area contributed by atoms with E-state index >= 15 is 0 Å². The van der Waals surface area contributed by atoms with Gasteiger partial charge in [-0.2, -0.15) is 0 Å². The van der Waals surface area contributed by atoms with Crippen LogP contribution in [0.3, 0.4) is 0 Å². The second-order valence-corrected chi connectivity index (χ2v) is 6.00. The van der Waals surface area contributed by atoms with Gasteiger partial charge in [0.05, 0.1) is 5.38 Å². The highest BCUT2D eigenvalue weighted by Gasteiger charge is 2.19. The maximum absolute atomic E-state index is 12.1. The van der Waals surface area contributed by atoms with Gasteiger partial charge in [-0.15, -0.1) is 11.6 Å². The summed E-state index contributed by atoms with van der Waals surface area (Å²) < 4.78 is 0. The minimum absolute atomic E-state index is 0.0209. The molecule has 3 rings (SSSR count). The second-order valence-electron chi connectivity index (χ2n) is 5.16. The first kappa shape index (κ1) is 14.4. The van der Waals surface area contributed by atoms with Crippen molar-refractivity contribution in [3.05, 3.63) is 69.7 Å². The molecule has 108 valence electrons. The Morgan fingerprint density at radius 1 is 1.14 bits per heavy atom. The summed E-state index contributed by atoms with van der Waals surface area (Å²) in [6.45, 7) is 0.720. The summed E-state index contributed by atoms with van der Waals surface area (Å²) in [5, 5.41) is 3.18. The van der Waals surface area contributed by atoms with E-state index in [1.54, 1.807) is 0 Å². The Morgan fingerprint density at radius 2 is 1.95 bits per heavy atom. The summed E-state index contributed by atoms with van der Waals surface area (Å²) in [5.74, 6) is -0.0209. The molecule has 1 unspecified atom stereocenters. The first-order chi connectivity index (χ1) is 10.2. The molecule has 2 aromatic rings. The molecule has 0 saturated heterocycles. The highest BCUT2D eigenvalue weighted by Crippen LogP contribution is 2.34. The van der Waals surface area contributed by atoms with Crippen LogP contribution in [0.2, 0.25) is 5.02 Å². The van der Waals surface area contributed by atoms with Gasteiger partial charge in [-0.1, -0.05) is 41.9 Å². The van der Waals surface area contributed by atoms with Gasteiger partial charge in [0.1, 0.15) is 0 Å². The Bertz CT molecular complexity index is 684. The topological polar surface area (TPSA) is 29.1 Å². The molecule has 0 radical (unpaired) electrons. The number of rotatable bonds is 2. The number of carbonyl (C=O) groups is 1. The fourth-order valence-corrected chi connectivity index (χ4v) is 3.24. The molecule has 2 nitrogen and oxygen atoms in total. The summed E-state index contributed by atoms with van der Waals surface area (Å²) in [6, 6.07) is 13.4. The van der Waals surface area contributed by atoms with E-state index in [0.717, 1.165) is 41.6 Å². The molecule has 1 amide bonds. The third-order valence-corrected chi connectivity index (χ3v) is 4.59. The number of halogens is 2. The van der Waals surface area contributed by atoms with E-state index in [2.05, 4.69) is 5.32 Å². The van der Waals surface area contributed by atoms with Crippen molar-refractivity contribution in [2.24, 2.45) is 0 Å². The molecule has 0 bridgehead atoms. The van der Waals surface area contributed by atoms with Gasteiger partial charge in [-0.05, 0) is 41.7 Å². The van der Waals surface area contributed by atoms with Crippen LogP contribution >= 0.6 is 23.2 Å². The molecule has 1 heterocycles. The predicted octanol–water partition coefficient (Wildman–Crippen LogP) is 4.34. The second kappa shape index (κ2) is 6.08. The van der Waals surface area contributed by atoms with Crippen LogP contribution in [0.25, 0.3) is 0 Å². The standard InChI is InChI=1S/C17H15Cl2NO/c18-15-6-2-1-5-13(15)16(19)12-8-7-11-4-3-9-20-17(21)14(11)10-12/h1-2,5-8,10,16H,3-4,9H2,(H,20,21). The normalized spacial score (nSPS) is 15.8. The zero-order chi connectivity index (χ0) is 14.8. The monoisotopic (exact) mass is 319 g/mol. The SMILES string of the molecule is O=C1NCCCc2ccc(C(Cl)c3ccccc3Cl)cc21. The lowest BCUT2D eigenvalue weighted by Crippen LogP contribution is -2.22. The molecule has 4 heteroatoms. The van der Waals surface area contributed by atoms with Crippen molar-refractivity contribution in [3.63, 3.8) is 0 Å². The van der Waals surface area contributed by atoms with Crippen LogP contribution in [-0.2, 0) is 6.42 Å². The van der Waals surface area contributed by atoms with Crippen LogP contribution in [0.15, 0.2) is 42.5 Å². The molecule has 1 aliphatic rings. The Kier molecular flexibility index (Phi) is 4.18. The zero-order valence-electron chi connectivity index (χ0n) is 11.4. The first-order valence-corrected chi connectivity index (χ1v) is 7.78. The van der Waals surface area contributed by atoms with Gasteiger partial charge < -0.3 is 5.32 Å². The van der Waals surface area contributed by atoms with Gasteiger partial charge in [0.25, 0.3) is 5.91 Å². The van der Waals surface area contributed by atoms with Crippen molar-refractivity contribution in [2.75, 3.05) is 6.54 Å². The Balaban J connectivity index is 2.00. The largest absolute Gasteiger partial charge is 0.352 e. The lowest BCUT2D eigenvalue weighted by Gasteiger charge is -2.14. The van der Waals surface area contributed by atoms with E-state index in [1.165, 1.54) is 0 Å². The first-order valence-electron chi connectivity index (χ1n) is 6.96. The number of hydrogen-bond donors (Lipinski definition) is 1. The van der Waals surface area contributed by atoms with Crippen LogP contribution in [0.4, 0.5) is 0 Å². The number of carbonyl (C=O) groups excluding carboxylic acids is 1. The van der Waals surface area contributed by atoms with E-state index in [0.29, 0.717) is 5.02 Å². The number of hydrogen-bond acceptors (Lipinski definition) is 1. The molecular formula is C17H15Cl2NO. The summed E-state index contributed by atoms with van der Waals surface area (Å²) in [6.07, 6.45) is 1.88. The van der Waals surface area contributed by atoms with E-state index in [1.807, 2.05) is 42.5 Å². The van der Waals surface area contributed by atoms with Crippen LogP contribution < -0.4 is 5.32 Å². The Labute approximate surface area is 134 Å². The van der Waals surface area contributed by atoms with Gasteiger partial charge in [-0.25, -0.2) is 0 Å². The molecule has 21 heavy (non-hydrogen) atoms. The van der Waals surface area contributed by atoms with Crippen molar-refractivity contribution in [3.8, 4) is 0 Å². The summed E-state index contributed by atoms with van der Waals surface area (Å²) in [5.41, 5.74) is 3.55. The fraction of sp³-hybridized carbons (Fsp3) is 0.235. The molecular weight excluding hydrogens is 305 g/mol. The van der Waals surface area contributed by atoms with E-state index < -0.39 is 0 Å². The summed E-state index contributed by atoms with van der Waals surface area (Å²) in [4.78, 5) is 12.1. The number of fused-ring (bicyclic) bond motifs is 1. The zero-order valence-corrected chi connectivity index (χ0v) is 12.9. The quantitative estimate of drug-likeness (QED) is 0.819. The average molecular weight is 320 g/mol. The number of alkyl halides is 1. The molecule has 0 aromatic heterocycles. The maximum Gasteiger partial charge on any atom is 0.251 e. The van der Waals surface area contributed by atoms with Crippen LogP contribution in [0.1, 0.15) is 38.8 Å². The predicted molar refractivity (Wildman–Crippen MR) is 86.2 cm³/mol. The lowest BCUT2D eigenvalue weighted by molar-refractivity contribution is 0.0956. The highest BCUT2D eigenvalue weighted by atomic mass is 35.5. The average Bonchev–Trinajstić information content (AvgIpc) is 2.69. The van der Waals surface area contributed by atoms with Gasteiger partial charge in [0, 0.05) is 17.1 Å². The molecule has 0 aliphatic carbocycles. The van der Waals surface area contributed by atoms with E-state index in [9.17, 15) is 4.79 Å². The Morgan fingerprint density at radius 3 is 2.76 bits per heavy atom. The van der Waals surface area contributed by atoms with Gasteiger partial charge in [-0.3, -0.25) is 4.79 Å². The van der Waals surface area contributed by atoms with Crippen molar-refractivity contribution < 1.29 is 4.79 Å². The number of aryl methyl sites for hydroxylation is 1. The number of benzene rings is 2. The lowest BCUT2D eigenvalue weighted by atomic mass is 9.97. The maximum atomic E-state index is 12.1. The number of amides is 1. The van der Waals surface area contributed by atoms with Gasteiger partial charge >= 0.3 is 0 Å². The molecule has 1 atom stereocenters. The Hall–Kier alpha value is -1.51. The minimum Gasteiger partial charge on any atom is -0.352 e. The smallest absolute Gasteiger partial charge is 0.251 e. The van der Waals surface area contributed by atoms with E-state index in [-0.39, 0.29) is 11.3 Å². The van der Waals surface area contributed by atoms with Crippen LogP contribution in [0, 0.1) is 0 Å². The third kappa shape index (κ3) is 2.92. The third-order valence-electron chi connectivity index (χ3n) is 3.76. The van der Waals surface area contributed by atoms with Crippen LogP contribution in [0.5, 0.6) is 0 Å². The van der Waals surface area contributed by atoms with Gasteiger partial charge in [0.15, 0.2) is 0 Å². The molecule has 2 aromatic carbocycles. The van der Waals surface area contributed by atoms with Crippen molar-refractivity contribution >= 4 is 29.1 Å². The highest BCUT2D eigenvalue weighted by molar-refractivity contribution is 6.33. The molecule has 0 fully saturated rings.